The average Bonchev–Trinajstić information content (AvgIpc) is 2.26. The van der Waals surface area contributed by atoms with Crippen LogP contribution < -0.4 is 16.4 Å². The number of rotatable bonds is 8. The van der Waals surface area contributed by atoms with Gasteiger partial charge in [-0.25, -0.2) is 0 Å². The van der Waals surface area contributed by atoms with Crippen LogP contribution in [0.15, 0.2) is 0 Å². The van der Waals surface area contributed by atoms with E-state index in [-0.39, 0.29) is 17.9 Å². The number of carbonyl (C=O) groups is 2. The first-order valence-corrected chi connectivity index (χ1v) is 6.24. The first-order chi connectivity index (χ1) is 7.95. The van der Waals surface area contributed by atoms with E-state index in [1.54, 1.807) is 0 Å². The zero-order valence-electron chi connectivity index (χ0n) is 11.1. The number of nitrogens with two attached hydrogens (primary N) is 1. The average molecular weight is 243 g/mol. The first kappa shape index (κ1) is 15.9. The van der Waals surface area contributed by atoms with E-state index in [9.17, 15) is 9.59 Å². The maximum Gasteiger partial charge on any atom is 0.221 e. The highest BCUT2D eigenvalue weighted by Crippen LogP contribution is 1.93. The lowest BCUT2D eigenvalue weighted by molar-refractivity contribution is -0.122. The van der Waals surface area contributed by atoms with Gasteiger partial charge < -0.3 is 16.4 Å². The third-order valence-corrected chi connectivity index (χ3v) is 2.35. The van der Waals surface area contributed by atoms with Crippen molar-refractivity contribution >= 4 is 11.8 Å². The fourth-order valence-electron chi connectivity index (χ4n) is 1.18. The van der Waals surface area contributed by atoms with Gasteiger partial charge in [-0.05, 0) is 12.3 Å². The van der Waals surface area contributed by atoms with Gasteiger partial charge in [-0.1, -0.05) is 20.8 Å². The Morgan fingerprint density at radius 1 is 1.18 bits per heavy atom. The fraction of sp³-hybridized carbons (Fsp3) is 0.833. The molecule has 0 saturated heterocycles. The minimum atomic E-state index is -0.0928. The Hall–Kier alpha value is -1.10. The third-order valence-electron chi connectivity index (χ3n) is 2.35. The van der Waals surface area contributed by atoms with Crippen LogP contribution in [-0.2, 0) is 9.59 Å². The smallest absolute Gasteiger partial charge is 0.221 e. The molecule has 0 spiro atoms. The van der Waals surface area contributed by atoms with E-state index in [0.29, 0.717) is 31.8 Å². The lowest BCUT2D eigenvalue weighted by atomic mass is 10.1. The van der Waals surface area contributed by atoms with Crippen molar-refractivity contribution in [3.8, 4) is 0 Å². The summed E-state index contributed by atoms with van der Waals surface area (Å²) in [6.07, 6.45) is 1.42. The molecular weight excluding hydrogens is 218 g/mol. The lowest BCUT2D eigenvalue weighted by Crippen LogP contribution is -2.35. The molecule has 0 aliphatic heterocycles. The second-order valence-corrected chi connectivity index (χ2v) is 4.67. The summed E-state index contributed by atoms with van der Waals surface area (Å²) in [6.45, 7) is 7.06. The molecule has 0 aliphatic rings. The zero-order valence-corrected chi connectivity index (χ0v) is 11.1. The van der Waals surface area contributed by atoms with Crippen LogP contribution in [0.3, 0.4) is 0 Å². The molecule has 5 nitrogen and oxygen atoms in total. The van der Waals surface area contributed by atoms with Gasteiger partial charge in [0.15, 0.2) is 0 Å². The highest BCUT2D eigenvalue weighted by molar-refractivity contribution is 5.79. The quantitative estimate of drug-likeness (QED) is 0.576. The van der Waals surface area contributed by atoms with E-state index in [4.69, 9.17) is 5.73 Å². The van der Waals surface area contributed by atoms with E-state index in [1.807, 2.05) is 20.8 Å². The van der Waals surface area contributed by atoms with E-state index < -0.39 is 0 Å². The standard InChI is InChI=1S/C12H25N3O2/c1-4-10(13)7-12(17)14-6-5-11(16)15-8-9(2)3/h9-10H,4-8,13H2,1-3H3,(H,14,17)(H,15,16). The van der Waals surface area contributed by atoms with Crippen LogP contribution in [0.4, 0.5) is 0 Å². The van der Waals surface area contributed by atoms with Crippen LogP contribution in [-0.4, -0.2) is 30.9 Å². The van der Waals surface area contributed by atoms with E-state index in [1.165, 1.54) is 0 Å². The van der Waals surface area contributed by atoms with Crippen molar-refractivity contribution < 1.29 is 9.59 Å². The fourth-order valence-corrected chi connectivity index (χ4v) is 1.18. The van der Waals surface area contributed by atoms with E-state index >= 15 is 0 Å². The van der Waals surface area contributed by atoms with Gasteiger partial charge in [0.1, 0.15) is 0 Å². The number of nitrogens with one attached hydrogen (secondary N) is 2. The summed E-state index contributed by atoms with van der Waals surface area (Å²) >= 11 is 0. The Morgan fingerprint density at radius 2 is 1.82 bits per heavy atom. The van der Waals surface area contributed by atoms with Crippen molar-refractivity contribution in [3.63, 3.8) is 0 Å². The predicted octanol–water partition coefficient (Wildman–Crippen LogP) is 0.392. The van der Waals surface area contributed by atoms with Crippen molar-refractivity contribution in [2.45, 2.75) is 46.1 Å². The van der Waals surface area contributed by atoms with Gasteiger partial charge in [0.25, 0.3) is 0 Å². The highest BCUT2D eigenvalue weighted by Gasteiger charge is 2.08. The van der Waals surface area contributed by atoms with Crippen molar-refractivity contribution in [1.29, 1.82) is 0 Å². The van der Waals surface area contributed by atoms with Crippen LogP contribution in [0, 0.1) is 5.92 Å². The van der Waals surface area contributed by atoms with Crippen molar-refractivity contribution in [1.82, 2.24) is 10.6 Å². The third kappa shape index (κ3) is 9.81. The molecule has 0 saturated carbocycles. The summed E-state index contributed by atoms with van der Waals surface area (Å²) < 4.78 is 0. The molecule has 0 radical (unpaired) electrons. The largest absolute Gasteiger partial charge is 0.356 e. The molecule has 0 fully saturated rings. The minimum absolute atomic E-state index is 0.0289. The molecule has 0 heterocycles. The van der Waals surface area contributed by atoms with Gasteiger partial charge in [-0.3, -0.25) is 9.59 Å². The molecule has 1 unspecified atom stereocenters. The molecule has 100 valence electrons. The molecule has 17 heavy (non-hydrogen) atoms. The van der Waals surface area contributed by atoms with Gasteiger partial charge in [-0.2, -0.15) is 0 Å². The minimum Gasteiger partial charge on any atom is -0.356 e. The summed E-state index contributed by atoms with van der Waals surface area (Å²) in [5.41, 5.74) is 5.65. The number of carbonyl (C=O) groups excluding carboxylic acids is 2. The molecule has 0 aliphatic carbocycles. The zero-order chi connectivity index (χ0) is 13.3. The van der Waals surface area contributed by atoms with Gasteiger partial charge in [0.05, 0.1) is 0 Å². The predicted molar refractivity (Wildman–Crippen MR) is 68.4 cm³/mol. The Morgan fingerprint density at radius 3 is 2.35 bits per heavy atom. The summed E-state index contributed by atoms with van der Waals surface area (Å²) in [5.74, 6) is 0.325. The second-order valence-electron chi connectivity index (χ2n) is 4.67. The summed E-state index contributed by atoms with van der Waals surface area (Å²) in [7, 11) is 0. The molecular formula is C12H25N3O2. The Labute approximate surface area is 104 Å². The van der Waals surface area contributed by atoms with Crippen molar-refractivity contribution in [3.05, 3.63) is 0 Å². The van der Waals surface area contributed by atoms with Crippen molar-refractivity contribution in [2.24, 2.45) is 11.7 Å². The van der Waals surface area contributed by atoms with Gasteiger partial charge >= 0.3 is 0 Å². The molecule has 4 N–H and O–H groups in total. The lowest BCUT2D eigenvalue weighted by Gasteiger charge is -2.10. The molecule has 0 aromatic carbocycles. The van der Waals surface area contributed by atoms with Crippen LogP contribution >= 0.6 is 0 Å². The van der Waals surface area contributed by atoms with E-state index in [0.717, 1.165) is 6.42 Å². The summed E-state index contributed by atoms with van der Waals surface area (Å²) in [5, 5.41) is 5.48. The van der Waals surface area contributed by atoms with Crippen molar-refractivity contribution in [2.75, 3.05) is 13.1 Å². The normalized spacial score (nSPS) is 12.3. The Bertz CT molecular complexity index is 242. The number of hydrogen-bond acceptors (Lipinski definition) is 3. The highest BCUT2D eigenvalue weighted by atomic mass is 16.2. The number of amides is 2. The summed E-state index contributed by atoms with van der Waals surface area (Å²) in [6, 6.07) is -0.0928. The van der Waals surface area contributed by atoms with Crippen LogP contribution in [0.25, 0.3) is 0 Å². The monoisotopic (exact) mass is 243 g/mol. The van der Waals surface area contributed by atoms with Crippen LogP contribution in [0.1, 0.15) is 40.0 Å². The molecule has 1 atom stereocenters. The van der Waals surface area contributed by atoms with E-state index in [2.05, 4.69) is 10.6 Å². The maximum atomic E-state index is 11.3. The Balaban J connectivity index is 3.55. The molecule has 0 rings (SSSR count). The summed E-state index contributed by atoms with van der Waals surface area (Å²) in [4.78, 5) is 22.7. The molecule has 0 aromatic rings. The van der Waals surface area contributed by atoms with Crippen LogP contribution in [0.2, 0.25) is 0 Å². The maximum absolute atomic E-state index is 11.3. The Kier molecular flexibility index (Phi) is 8.40. The number of hydrogen-bond donors (Lipinski definition) is 3. The molecule has 2 amide bonds. The molecule has 0 bridgehead atoms. The van der Waals surface area contributed by atoms with Crippen LogP contribution in [0.5, 0.6) is 0 Å². The second kappa shape index (κ2) is 8.98. The molecule has 5 heteroatoms. The van der Waals surface area contributed by atoms with Gasteiger partial charge in [-0.15, -0.1) is 0 Å². The SMILES string of the molecule is CCC(N)CC(=O)NCCC(=O)NCC(C)C. The topological polar surface area (TPSA) is 84.2 Å². The van der Waals surface area contributed by atoms with Gasteiger partial charge in [0, 0.05) is 32.0 Å². The van der Waals surface area contributed by atoms with Gasteiger partial charge in [0.2, 0.25) is 11.8 Å². The first-order valence-electron chi connectivity index (χ1n) is 6.24. The molecule has 0 aromatic heterocycles.